The number of nitrogens with zero attached hydrogens (tertiary/aromatic N) is 4. The monoisotopic (exact) mass is 509 g/mol. The third-order valence-corrected chi connectivity index (χ3v) is 7.95. The quantitative estimate of drug-likeness (QED) is 0.580. The maximum Gasteiger partial charge on any atom is 0.248 e. The van der Waals surface area contributed by atoms with Crippen LogP contribution in [0.1, 0.15) is 81.7 Å². The van der Waals surface area contributed by atoms with Crippen molar-refractivity contribution in [3.63, 3.8) is 0 Å². The second-order valence-corrected chi connectivity index (χ2v) is 12.0. The Morgan fingerprint density at radius 3 is 2.70 bits per heavy atom. The first-order valence-corrected chi connectivity index (χ1v) is 13.5. The number of hydrogen-bond acceptors (Lipinski definition) is 6. The molecule has 0 bridgehead atoms. The molecule has 5 rings (SSSR count). The van der Waals surface area contributed by atoms with Gasteiger partial charge in [-0.15, -0.1) is 5.10 Å². The minimum atomic E-state index is -0.739. The summed E-state index contributed by atoms with van der Waals surface area (Å²) >= 11 is 0. The number of aliphatic hydroxyl groups is 1. The maximum atomic E-state index is 14.0. The molecule has 4 atom stereocenters. The summed E-state index contributed by atoms with van der Waals surface area (Å²) in [6, 6.07) is 4.69. The van der Waals surface area contributed by atoms with Crippen molar-refractivity contribution in [3.8, 4) is 5.75 Å². The number of nitrogens with one attached hydrogen (secondary N) is 1. The van der Waals surface area contributed by atoms with Crippen LogP contribution in [-0.2, 0) is 22.4 Å². The minimum Gasteiger partial charge on any atom is -0.496 e. The number of aromatic nitrogens is 3. The van der Waals surface area contributed by atoms with E-state index in [4.69, 9.17) is 4.74 Å². The molecule has 0 spiro atoms. The molecule has 9 heteroatoms. The van der Waals surface area contributed by atoms with Crippen molar-refractivity contribution in [2.45, 2.75) is 95.9 Å². The second-order valence-electron chi connectivity index (χ2n) is 12.0. The Morgan fingerprint density at radius 2 is 2.00 bits per heavy atom. The Morgan fingerprint density at radius 1 is 1.22 bits per heavy atom. The lowest BCUT2D eigenvalue weighted by Crippen LogP contribution is -2.52. The normalized spacial score (nSPS) is 24.8. The molecule has 9 nitrogen and oxygen atoms in total. The van der Waals surface area contributed by atoms with Gasteiger partial charge in [0.05, 0.1) is 18.9 Å². The molecule has 0 radical (unpaired) electrons. The fourth-order valence-corrected chi connectivity index (χ4v) is 5.92. The number of hydrogen-bond donors (Lipinski definition) is 2. The number of benzene rings is 1. The van der Waals surface area contributed by atoms with Crippen LogP contribution >= 0.6 is 0 Å². The van der Waals surface area contributed by atoms with Gasteiger partial charge in [0.15, 0.2) is 0 Å². The molecule has 1 saturated heterocycles. The Bertz CT molecular complexity index is 1150. The average molecular weight is 510 g/mol. The van der Waals surface area contributed by atoms with Crippen molar-refractivity contribution >= 4 is 11.8 Å². The van der Waals surface area contributed by atoms with Crippen LogP contribution in [0.2, 0.25) is 0 Å². The standard InChI is InChI=1S/C28H39N5O4/c1-28(2,3)25(33-16-22(30-31-33)17-11-12-17)27(36)32-15-20(34)14-23(32)26(35)29-19-8-6-9-21-18(13-19)7-5-10-24(21)37-4/h5,7,10,16-17,19-20,23,25,34H,6,8-9,11-15H2,1-4H3,(H,29,35)/t19?,20-,23+,25-/m1/s1. The summed E-state index contributed by atoms with van der Waals surface area (Å²) in [6.07, 6.45) is 6.99. The van der Waals surface area contributed by atoms with E-state index >= 15 is 0 Å². The largest absolute Gasteiger partial charge is 0.496 e. The number of carbonyl (C=O) groups excluding carboxylic acids is 2. The highest BCUT2D eigenvalue weighted by molar-refractivity contribution is 5.90. The molecular formula is C28H39N5O4. The molecule has 2 aliphatic carbocycles. The molecule has 1 aromatic carbocycles. The van der Waals surface area contributed by atoms with Crippen LogP contribution in [-0.4, -0.2) is 68.7 Å². The SMILES string of the molecule is COc1cccc2c1CCCC(NC(=O)[C@@H]1C[C@@H](O)CN1C(=O)[C@@H](n1cc(C3CC3)nn1)C(C)(C)C)C2. The van der Waals surface area contributed by atoms with Crippen LogP contribution in [0.3, 0.4) is 0 Å². The van der Waals surface area contributed by atoms with Crippen molar-refractivity contribution < 1.29 is 19.4 Å². The van der Waals surface area contributed by atoms with E-state index in [0.717, 1.165) is 50.0 Å². The number of β-amino-alcohol motifs (C(OH)–C–C–N with tert-alkyl or cyclic N) is 1. The summed E-state index contributed by atoms with van der Waals surface area (Å²) in [4.78, 5) is 29.1. The number of likely N-dealkylation sites (tertiary alicyclic amines) is 1. The summed E-state index contributed by atoms with van der Waals surface area (Å²) in [5.41, 5.74) is 2.86. The molecule has 2 heterocycles. The van der Waals surface area contributed by atoms with E-state index in [1.54, 1.807) is 16.7 Å². The summed E-state index contributed by atoms with van der Waals surface area (Å²) in [5, 5.41) is 22.4. The zero-order valence-electron chi connectivity index (χ0n) is 22.3. The molecule has 1 aliphatic heterocycles. The number of methoxy groups -OCH3 is 1. The average Bonchev–Trinajstić information content (AvgIpc) is 3.51. The van der Waals surface area contributed by atoms with E-state index in [9.17, 15) is 14.7 Å². The molecule has 2 aromatic rings. The van der Waals surface area contributed by atoms with Gasteiger partial charge in [-0.25, -0.2) is 4.68 Å². The highest BCUT2D eigenvalue weighted by atomic mass is 16.5. The van der Waals surface area contributed by atoms with E-state index < -0.39 is 23.6 Å². The van der Waals surface area contributed by atoms with Gasteiger partial charge in [0.2, 0.25) is 11.8 Å². The molecule has 1 aromatic heterocycles. The molecule has 1 saturated carbocycles. The molecule has 2 amide bonds. The first-order valence-electron chi connectivity index (χ1n) is 13.5. The zero-order valence-corrected chi connectivity index (χ0v) is 22.3. The van der Waals surface area contributed by atoms with Gasteiger partial charge in [0, 0.05) is 31.1 Å². The number of ether oxygens (including phenoxy) is 1. The molecule has 37 heavy (non-hydrogen) atoms. The lowest BCUT2D eigenvalue weighted by atomic mass is 9.85. The van der Waals surface area contributed by atoms with Crippen molar-refractivity contribution in [2.75, 3.05) is 13.7 Å². The molecule has 1 unspecified atom stereocenters. The van der Waals surface area contributed by atoms with Gasteiger partial charge in [-0.1, -0.05) is 38.1 Å². The van der Waals surface area contributed by atoms with E-state index in [-0.39, 0.29) is 30.8 Å². The summed E-state index contributed by atoms with van der Waals surface area (Å²) in [5.74, 6) is 0.922. The Kier molecular flexibility index (Phi) is 7.00. The summed E-state index contributed by atoms with van der Waals surface area (Å²) in [6.45, 7) is 6.12. The van der Waals surface area contributed by atoms with Gasteiger partial charge in [-0.3, -0.25) is 9.59 Å². The van der Waals surface area contributed by atoms with Crippen LogP contribution in [0.5, 0.6) is 5.75 Å². The lowest BCUT2D eigenvalue weighted by molar-refractivity contribution is -0.144. The van der Waals surface area contributed by atoms with Gasteiger partial charge >= 0.3 is 0 Å². The fraction of sp³-hybridized carbons (Fsp3) is 0.643. The van der Waals surface area contributed by atoms with Crippen LogP contribution in [0.25, 0.3) is 0 Å². The van der Waals surface area contributed by atoms with Gasteiger partial charge in [0.1, 0.15) is 17.8 Å². The van der Waals surface area contributed by atoms with Crippen molar-refractivity contribution in [1.82, 2.24) is 25.2 Å². The first-order chi connectivity index (χ1) is 17.7. The highest BCUT2D eigenvalue weighted by Crippen LogP contribution is 2.40. The fourth-order valence-electron chi connectivity index (χ4n) is 5.92. The van der Waals surface area contributed by atoms with Crippen LogP contribution in [0, 0.1) is 5.41 Å². The molecule has 200 valence electrons. The third kappa shape index (κ3) is 5.37. The molecule has 2 fully saturated rings. The first kappa shape index (κ1) is 25.7. The number of carbonyl (C=O) groups is 2. The van der Waals surface area contributed by atoms with E-state index in [1.165, 1.54) is 11.1 Å². The van der Waals surface area contributed by atoms with Crippen LogP contribution < -0.4 is 10.1 Å². The van der Waals surface area contributed by atoms with Crippen LogP contribution in [0.4, 0.5) is 0 Å². The smallest absolute Gasteiger partial charge is 0.248 e. The topological polar surface area (TPSA) is 110 Å². The van der Waals surface area contributed by atoms with Crippen molar-refractivity contribution in [3.05, 3.63) is 41.2 Å². The lowest BCUT2D eigenvalue weighted by Gasteiger charge is -2.35. The molecule has 2 N–H and O–H groups in total. The van der Waals surface area contributed by atoms with Gasteiger partial charge < -0.3 is 20.1 Å². The second kappa shape index (κ2) is 10.1. The van der Waals surface area contributed by atoms with Crippen molar-refractivity contribution in [2.24, 2.45) is 5.41 Å². The predicted octanol–water partition coefficient (Wildman–Crippen LogP) is 2.78. The molecular weight excluding hydrogens is 470 g/mol. The van der Waals surface area contributed by atoms with Gasteiger partial charge in [-0.05, 0) is 61.1 Å². The Balaban J connectivity index is 1.33. The highest BCUT2D eigenvalue weighted by Gasteiger charge is 2.45. The van der Waals surface area contributed by atoms with Crippen molar-refractivity contribution in [1.29, 1.82) is 0 Å². The number of fused-ring (bicyclic) bond motifs is 1. The van der Waals surface area contributed by atoms with Gasteiger partial charge in [0.25, 0.3) is 0 Å². The summed E-state index contributed by atoms with van der Waals surface area (Å²) in [7, 11) is 1.69. The van der Waals surface area contributed by atoms with E-state index in [0.29, 0.717) is 5.92 Å². The summed E-state index contributed by atoms with van der Waals surface area (Å²) < 4.78 is 7.21. The Hall–Kier alpha value is -2.94. The predicted molar refractivity (Wildman–Crippen MR) is 138 cm³/mol. The Labute approximate surface area is 218 Å². The van der Waals surface area contributed by atoms with E-state index in [1.807, 2.05) is 39.1 Å². The minimum absolute atomic E-state index is 0.0367. The number of amides is 2. The van der Waals surface area contributed by atoms with E-state index in [2.05, 4.69) is 21.7 Å². The molecule has 3 aliphatic rings. The van der Waals surface area contributed by atoms with Crippen LogP contribution in [0.15, 0.2) is 24.4 Å². The number of rotatable bonds is 6. The zero-order chi connectivity index (χ0) is 26.3. The van der Waals surface area contributed by atoms with Gasteiger partial charge in [-0.2, -0.15) is 0 Å². The maximum absolute atomic E-state index is 14.0. The third-order valence-electron chi connectivity index (χ3n) is 7.95. The number of aliphatic hydroxyl groups excluding tert-OH is 1.